The first-order valence-electron chi connectivity index (χ1n) is 6.29. The third-order valence-electron chi connectivity index (χ3n) is 3.19. The fraction of sp³-hybridized carbons (Fsp3) is 0.385. The summed E-state index contributed by atoms with van der Waals surface area (Å²) in [7, 11) is 1.26. The van der Waals surface area contributed by atoms with Crippen molar-refractivity contribution in [1.29, 1.82) is 0 Å². The minimum Gasteiger partial charge on any atom is -0.463 e. The smallest absolute Gasteiger partial charge is 0.374 e. The molecule has 0 amide bonds. The fourth-order valence-electron chi connectivity index (χ4n) is 1.98. The van der Waals surface area contributed by atoms with E-state index in [2.05, 4.69) is 14.4 Å². The topological polar surface area (TPSA) is 64.9 Å². The minimum absolute atomic E-state index is 0.0482. The van der Waals surface area contributed by atoms with Crippen LogP contribution in [0.3, 0.4) is 0 Å². The van der Waals surface area contributed by atoms with E-state index in [-0.39, 0.29) is 16.9 Å². The van der Waals surface area contributed by atoms with Crippen molar-refractivity contribution in [2.24, 2.45) is 0 Å². The number of hydrogen-bond donors (Lipinski definition) is 1. The van der Waals surface area contributed by atoms with Gasteiger partial charge in [-0.25, -0.2) is 18.9 Å². The SMILES string of the molecule is COC(=O)c1ncc2c(F)cc(SNC3(C)COC3)cn12. The molecule has 0 unspecified atom stereocenters. The quantitative estimate of drug-likeness (QED) is 0.684. The maximum Gasteiger partial charge on any atom is 0.374 e. The van der Waals surface area contributed by atoms with E-state index in [1.54, 1.807) is 6.20 Å². The standard InChI is InChI=1S/C13H14FN3O3S/c1-13(6-20-7-13)16-21-8-3-9(14)10-4-15-11(12(18)19-2)17(10)5-8/h3-5,16H,6-7H2,1-2H3. The summed E-state index contributed by atoms with van der Waals surface area (Å²) in [5.74, 6) is -1.00. The highest BCUT2D eigenvalue weighted by molar-refractivity contribution is 7.97. The first kappa shape index (κ1) is 14.3. The number of rotatable bonds is 4. The average Bonchev–Trinajstić information content (AvgIpc) is 2.86. The van der Waals surface area contributed by atoms with E-state index in [0.29, 0.717) is 18.1 Å². The number of carbonyl (C=O) groups is 1. The molecule has 6 nitrogen and oxygen atoms in total. The Kier molecular flexibility index (Phi) is 3.60. The number of methoxy groups -OCH3 is 1. The van der Waals surface area contributed by atoms with Crippen LogP contribution in [0.25, 0.3) is 5.52 Å². The highest BCUT2D eigenvalue weighted by atomic mass is 32.2. The van der Waals surface area contributed by atoms with Crippen molar-refractivity contribution in [1.82, 2.24) is 14.1 Å². The van der Waals surface area contributed by atoms with Gasteiger partial charge in [-0.3, -0.25) is 4.40 Å². The Bertz CT molecular complexity index is 699. The minimum atomic E-state index is -0.608. The number of halogens is 1. The van der Waals surface area contributed by atoms with E-state index in [9.17, 15) is 9.18 Å². The molecule has 0 spiro atoms. The fourth-order valence-corrected chi connectivity index (χ4v) is 2.78. The lowest BCUT2D eigenvalue weighted by Gasteiger charge is -2.38. The Morgan fingerprint density at radius 2 is 2.38 bits per heavy atom. The normalized spacial score (nSPS) is 16.7. The van der Waals surface area contributed by atoms with Crippen LogP contribution in [0.2, 0.25) is 0 Å². The van der Waals surface area contributed by atoms with E-state index in [1.165, 1.54) is 35.7 Å². The number of fused-ring (bicyclic) bond motifs is 1. The van der Waals surface area contributed by atoms with Crippen molar-refractivity contribution in [2.75, 3.05) is 20.3 Å². The molecule has 1 N–H and O–H groups in total. The summed E-state index contributed by atoms with van der Waals surface area (Å²) < 4.78 is 28.5. The predicted octanol–water partition coefficient (Wildman–Crippen LogP) is 1.65. The van der Waals surface area contributed by atoms with E-state index < -0.39 is 11.8 Å². The van der Waals surface area contributed by atoms with E-state index >= 15 is 0 Å². The zero-order chi connectivity index (χ0) is 15.0. The summed E-state index contributed by atoms with van der Waals surface area (Å²) in [5.41, 5.74) is 0.119. The molecule has 0 aromatic carbocycles. The van der Waals surface area contributed by atoms with Gasteiger partial charge in [-0.05, 0) is 24.9 Å². The van der Waals surface area contributed by atoms with E-state index in [0.717, 1.165) is 0 Å². The molecule has 2 aromatic rings. The van der Waals surface area contributed by atoms with Crippen molar-refractivity contribution >= 4 is 23.4 Å². The molecule has 1 aliphatic rings. The van der Waals surface area contributed by atoms with Gasteiger partial charge in [-0.1, -0.05) is 0 Å². The number of nitrogens with zero attached hydrogens (tertiary/aromatic N) is 2. The van der Waals surface area contributed by atoms with Crippen LogP contribution in [0.15, 0.2) is 23.4 Å². The molecule has 8 heteroatoms. The summed E-state index contributed by atoms with van der Waals surface area (Å²) in [6.45, 7) is 3.25. The average molecular weight is 311 g/mol. The Balaban J connectivity index is 1.91. The first-order chi connectivity index (χ1) is 10.0. The zero-order valence-electron chi connectivity index (χ0n) is 11.6. The number of ether oxygens (including phenoxy) is 2. The molecule has 0 atom stereocenters. The molecular weight excluding hydrogens is 297 g/mol. The lowest BCUT2D eigenvalue weighted by atomic mass is 10.0. The molecule has 0 bridgehead atoms. The zero-order valence-corrected chi connectivity index (χ0v) is 12.4. The van der Waals surface area contributed by atoms with Gasteiger partial charge in [0.1, 0.15) is 11.3 Å². The number of imidazole rings is 1. The van der Waals surface area contributed by atoms with Crippen LogP contribution < -0.4 is 4.72 Å². The van der Waals surface area contributed by atoms with Crippen molar-refractivity contribution in [2.45, 2.75) is 17.4 Å². The molecule has 0 aliphatic carbocycles. The Labute approximate surface area is 124 Å². The van der Waals surface area contributed by atoms with Gasteiger partial charge in [0, 0.05) is 11.1 Å². The van der Waals surface area contributed by atoms with Crippen molar-refractivity contribution < 1.29 is 18.7 Å². The lowest BCUT2D eigenvalue weighted by molar-refractivity contribution is -0.0510. The van der Waals surface area contributed by atoms with Gasteiger partial charge < -0.3 is 9.47 Å². The summed E-state index contributed by atoms with van der Waals surface area (Å²) in [6.07, 6.45) is 2.96. The van der Waals surface area contributed by atoms with Crippen LogP contribution in [0, 0.1) is 5.82 Å². The van der Waals surface area contributed by atoms with Crippen molar-refractivity contribution in [3.63, 3.8) is 0 Å². The molecule has 0 saturated carbocycles. The monoisotopic (exact) mass is 311 g/mol. The summed E-state index contributed by atoms with van der Waals surface area (Å²) in [4.78, 5) is 16.2. The second kappa shape index (κ2) is 5.28. The number of aromatic nitrogens is 2. The third kappa shape index (κ3) is 2.61. The first-order valence-corrected chi connectivity index (χ1v) is 7.11. The highest BCUT2D eigenvalue weighted by Gasteiger charge is 2.33. The van der Waals surface area contributed by atoms with Crippen LogP contribution in [-0.4, -0.2) is 41.2 Å². The number of esters is 1. The summed E-state index contributed by atoms with van der Waals surface area (Å²) in [5, 5.41) is 0. The molecule has 1 fully saturated rings. The molecule has 112 valence electrons. The van der Waals surface area contributed by atoms with Gasteiger partial charge >= 0.3 is 5.97 Å². The highest BCUT2D eigenvalue weighted by Crippen LogP contribution is 2.25. The third-order valence-corrected chi connectivity index (χ3v) is 4.25. The molecule has 21 heavy (non-hydrogen) atoms. The van der Waals surface area contributed by atoms with Gasteiger partial charge in [-0.2, -0.15) is 0 Å². The van der Waals surface area contributed by atoms with Crippen LogP contribution in [0.4, 0.5) is 4.39 Å². The van der Waals surface area contributed by atoms with Gasteiger partial charge in [0.2, 0.25) is 5.82 Å². The van der Waals surface area contributed by atoms with Crippen LogP contribution in [0.1, 0.15) is 17.5 Å². The van der Waals surface area contributed by atoms with E-state index in [1.807, 2.05) is 6.92 Å². The predicted molar refractivity (Wildman–Crippen MR) is 74.7 cm³/mol. The largest absolute Gasteiger partial charge is 0.463 e. The molecule has 1 saturated heterocycles. The van der Waals surface area contributed by atoms with Crippen LogP contribution in [0.5, 0.6) is 0 Å². The van der Waals surface area contributed by atoms with Crippen molar-refractivity contribution in [3.05, 3.63) is 30.1 Å². The molecule has 3 heterocycles. The lowest BCUT2D eigenvalue weighted by Crippen LogP contribution is -2.55. The van der Waals surface area contributed by atoms with Crippen molar-refractivity contribution in [3.8, 4) is 0 Å². The second-order valence-electron chi connectivity index (χ2n) is 5.11. The number of nitrogens with one attached hydrogen (secondary N) is 1. The number of carbonyl (C=O) groups excluding carboxylic acids is 1. The summed E-state index contributed by atoms with van der Waals surface area (Å²) in [6, 6.07) is 1.40. The number of pyridine rings is 1. The number of hydrogen-bond acceptors (Lipinski definition) is 6. The van der Waals surface area contributed by atoms with Gasteiger partial charge in [0.05, 0.1) is 32.1 Å². The van der Waals surface area contributed by atoms with Gasteiger partial charge in [-0.15, -0.1) is 0 Å². The Morgan fingerprint density at radius 3 is 3.00 bits per heavy atom. The summed E-state index contributed by atoms with van der Waals surface area (Å²) >= 11 is 1.29. The maximum absolute atomic E-state index is 14.1. The Hall–Kier alpha value is -1.64. The molecule has 3 rings (SSSR count). The van der Waals surface area contributed by atoms with Gasteiger partial charge in [0.15, 0.2) is 0 Å². The second-order valence-corrected chi connectivity index (χ2v) is 5.99. The molecule has 0 radical (unpaired) electrons. The maximum atomic E-state index is 14.1. The van der Waals surface area contributed by atoms with Gasteiger partial charge in [0.25, 0.3) is 0 Å². The van der Waals surface area contributed by atoms with Crippen LogP contribution >= 0.6 is 11.9 Å². The molecule has 2 aromatic heterocycles. The molecular formula is C13H14FN3O3S. The van der Waals surface area contributed by atoms with E-state index in [4.69, 9.17) is 4.74 Å². The molecule has 1 aliphatic heterocycles. The van der Waals surface area contributed by atoms with Crippen LogP contribution in [-0.2, 0) is 9.47 Å². The Morgan fingerprint density at radius 1 is 1.62 bits per heavy atom.